The second-order valence-corrected chi connectivity index (χ2v) is 7.17. The zero-order valence-corrected chi connectivity index (χ0v) is 11.8. The predicted octanol–water partition coefficient (Wildman–Crippen LogP) is -0.0727. The Morgan fingerprint density at radius 3 is 2.68 bits per heavy atom. The van der Waals surface area contributed by atoms with Crippen LogP contribution in [0.2, 0.25) is 0 Å². The summed E-state index contributed by atoms with van der Waals surface area (Å²) in [5, 5.41) is 11.3. The number of hydrogen-bond acceptors (Lipinski definition) is 4. The summed E-state index contributed by atoms with van der Waals surface area (Å²) < 4.78 is 21.8. The summed E-state index contributed by atoms with van der Waals surface area (Å²) in [5.41, 5.74) is 0. The van der Waals surface area contributed by atoms with Crippen LogP contribution in [0.1, 0.15) is 19.3 Å². The number of nitrogens with zero attached hydrogens (tertiary/aromatic N) is 1. The molecule has 2 N–H and O–H groups in total. The van der Waals surface area contributed by atoms with Crippen molar-refractivity contribution in [2.75, 3.05) is 31.6 Å². The van der Waals surface area contributed by atoms with E-state index in [1.165, 1.54) is 0 Å². The van der Waals surface area contributed by atoms with Gasteiger partial charge in [-0.25, -0.2) is 13.2 Å². The first-order valence-corrected chi connectivity index (χ1v) is 8.26. The molecule has 1 aliphatic heterocycles. The Bertz CT molecular complexity index is 434. The number of sulfone groups is 1. The first-order chi connectivity index (χ1) is 8.78. The van der Waals surface area contributed by atoms with Crippen LogP contribution in [0, 0.1) is 5.92 Å². The maximum atomic E-state index is 11.7. The van der Waals surface area contributed by atoms with Gasteiger partial charge < -0.3 is 15.3 Å². The Morgan fingerprint density at radius 1 is 1.42 bits per heavy atom. The van der Waals surface area contributed by atoms with Crippen molar-refractivity contribution in [3.05, 3.63) is 0 Å². The van der Waals surface area contributed by atoms with E-state index >= 15 is 0 Å². The SMILES string of the molecule is CS(=O)(=O)CCCNC(=O)N1CCC(CC(=O)O)C1. The lowest BCUT2D eigenvalue weighted by Gasteiger charge is -2.17. The summed E-state index contributed by atoms with van der Waals surface area (Å²) in [6.45, 7) is 1.31. The van der Waals surface area contributed by atoms with Gasteiger partial charge in [-0.1, -0.05) is 0 Å². The fraction of sp³-hybridized carbons (Fsp3) is 0.818. The molecule has 1 fully saturated rings. The number of carbonyl (C=O) groups excluding carboxylic acids is 1. The smallest absolute Gasteiger partial charge is 0.317 e. The van der Waals surface area contributed by atoms with Crippen LogP contribution in [0.15, 0.2) is 0 Å². The third-order valence-corrected chi connectivity index (χ3v) is 4.03. The van der Waals surface area contributed by atoms with Crippen LogP contribution < -0.4 is 5.32 Å². The molecule has 1 heterocycles. The average molecular weight is 292 g/mol. The van der Waals surface area contributed by atoms with Crippen molar-refractivity contribution in [1.82, 2.24) is 10.2 Å². The maximum absolute atomic E-state index is 11.7. The molecule has 0 bridgehead atoms. The molecule has 1 saturated heterocycles. The van der Waals surface area contributed by atoms with Gasteiger partial charge in [0.05, 0.1) is 5.75 Å². The molecule has 1 unspecified atom stereocenters. The van der Waals surface area contributed by atoms with Crippen LogP contribution in [-0.2, 0) is 14.6 Å². The third kappa shape index (κ3) is 6.42. The third-order valence-electron chi connectivity index (χ3n) is 3.00. The molecule has 1 aliphatic rings. The molecule has 2 amide bonds. The number of likely N-dealkylation sites (tertiary alicyclic amines) is 1. The summed E-state index contributed by atoms with van der Waals surface area (Å²) in [6.07, 6.45) is 2.32. The topological polar surface area (TPSA) is 104 Å². The van der Waals surface area contributed by atoms with E-state index in [2.05, 4.69) is 5.32 Å². The van der Waals surface area contributed by atoms with Crippen molar-refractivity contribution in [2.45, 2.75) is 19.3 Å². The molecule has 1 atom stereocenters. The molecule has 7 nitrogen and oxygen atoms in total. The molecule has 1 rings (SSSR count). The number of amides is 2. The van der Waals surface area contributed by atoms with Gasteiger partial charge >= 0.3 is 12.0 Å². The van der Waals surface area contributed by atoms with Crippen LogP contribution in [-0.4, -0.2) is 62.1 Å². The first kappa shape index (κ1) is 15.7. The standard InChI is InChI=1S/C11H20N2O5S/c1-19(17,18)6-2-4-12-11(16)13-5-3-9(8-13)7-10(14)15/h9H,2-8H2,1H3,(H,12,16)(H,14,15). The molecular weight excluding hydrogens is 272 g/mol. The van der Waals surface area contributed by atoms with Crippen molar-refractivity contribution in [1.29, 1.82) is 0 Å². The van der Waals surface area contributed by atoms with Gasteiger partial charge in [0.15, 0.2) is 0 Å². The molecule has 19 heavy (non-hydrogen) atoms. The van der Waals surface area contributed by atoms with Crippen LogP contribution in [0.5, 0.6) is 0 Å². The molecule has 0 radical (unpaired) electrons. The number of aliphatic carboxylic acids is 1. The second-order valence-electron chi connectivity index (χ2n) is 4.91. The van der Waals surface area contributed by atoms with Gasteiger partial charge in [-0.05, 0) is 18.8 Å². The highest BCUT2D eigenvalue weighted by molar-refractivity contribution is 7.90. The largest absolute Gasteiger partial charge is 0.481 e. The van der Waals surface area contributed by atoms with Crippen molar-refractivity contribution in [3.63, 3.8) is 0 Å². The zero-order valence-electron chi connectivity index (χ0n) is 11.0. The van der Waals surface area contributed by atoms with Crippen molar-refractivity contribution >= 4 is 21.8 Å². The van der Waals surface area contributed by atoms with E-state index in [0.717, 1.165) is 6.26 Å². The number of carboxylic acid groups (broad SMARTS) is 1. The Kier molecular flexibility index (Phi) is 5.59. The lowest BCUT2D eigenvalue weighted by Crippen LogP contribution is -2.39. The molecule has 8 heteroatoms. The number of hydrogen-bond donors (Lipinski definition) is 2. The number of urea groups is 1. The molecular formula is C11H20N2O5S. The number of nitrogens with one attached hydrogen (secondary N) is 1. The molecule has 0 aromatic carbocycles. The summed E-state index contributed by atoms with van der Waals surface area (Å²) in [5.74, 6) is -0.783. The highest BCUT2D eigenvalue weighted by Crippen LogP contribution is 2.19. The minimum atomic E-state index is -2.99. The van der Waals surface area contributed by atoms with Crippen LogP contribution >= 0.6 is 0 Å². The van der Waals surface area contributed by atoms with E-state index in [1.54, 1.807) is 4.90 Å². The zero-order chi connectivity index (χ0) is 14.5. The molecule has 0 saturated carbocycles. The molecule has 0 aromatic heterocycles. The Balaban J connectivity index is 2.22. The van der Waals surface area contributed by atoms with Gasteiger partial charge in [0.25, 0.3) is 0 Å². The van der Waals surface area contributed by atoms with Gasteiger partial charge in [0.1, 0.15) is 9.84 Å². The lowest BCUT2D eigenvalue weighted by molar-refractivity contribution is -0.138. The molecule has 0 spiro atoms. The summed E-state index contributed by atoms with van der Waals surface area (Å²) in [6, 6.07) is -0.249. The van der Waals surface area contributed by atoms with Gasteiger partial charge in [-0.3, -0.25) is 4.79 Å². The maximum Gasteiger partial charge on any atom is 0.317 e. The van der Waals surface area contributed by atoms with E-state index in [-0.39, 0.29) is 24.1 Å². The van der Waals surface area contributed by atoms with Gasteiger partial charge in [0, 0.05) is 32.3 Å². The number of rotatable bonds is 6. The Labute approximate surface area is 112 Å². The van der Waals surface area contributed by atoms with E-state index in [0.29, 0.717) is 32.5 Å². The summed E-state index contributed by atoms with van der Waals surface area (Å²) in [7, 11) is -2.99. The van der Waals surface area contributed by atoms with Gasteiger partial charge in [0.2, 0.25) is 0 Å². The quantitative estimate of drug-likeness (QED) is 0.667. The van der Waals surface area contributed by atoms with Crippen LogP contribution in [0.3, 0.4) is 0 Å². The van der Waals surface area contributed by atoms with Gasteiger partial charge in [-0.2, -0.15) is 0 Å². The van der Waals surface area contributed by atoms with Crippen molar-refractivity contribution in [2.24, 2.45) is 5.92 Å². The lowest BCUT2D eigenvalue weighted by atomic mass is 10.1. The van der Waals surface area contributed by atoms with E-state index in [1.807, 2.05) is 0 Å². The summed E-state index contributed by atoms with van der Waals surface area (Å²) >= 11 is 0. The van der Waals surface area contributed by atoms with E-state index in [4.69, 9.17) is 5.11 Å². The minimum absolute atomic E-state index is 0.0132. The molecule has 0 aliphatic carbocycles. The fourth-order valence-electron chi connectivity index (χ4n) is 2.07. The number of carboxylic acids is 1. The molecule has 0 aromatic rings. The first-order valence-electron chi connectivity index (χ1n) is 6.20. The van der Waals surface area contributed by atoms with Crippen molar-refractivity contribution in [3.8, 4) is 0 Å². The second kappa shape index (κ2) is 6.74. The van der Waals surface area contributed by atoms with Crippen LogP contribution in [0.4, 0.5) is 4.79 Å². The summed E-state index contributed by atoms with van der Waals surface area (Å²) in [4.78, 5) is 23.9. The fourth-order valence-corrected chi connectivity index (χ4v) is 2.74. The molecule has 110 valence electrons. The van der Waals surface area contributed by atoms with Crippen LogP contribution in [0.25, 0.3) is 0 Å². The van der Waals surface area contributed by atoms with E-state index < -0.39 is 15.8 Å². The monoisotopic (exact) mass is 292 g/mol. The highest BCUT2D eigenvalue weighted by Gasteiger charge is 2.27. The van der Waals surface area contributed by atoms with E-state index in [9.17, 15) is 18.0 Å². The average Bonchev–Trinajstić information content (AvgIpc) is 2.70. The normalized spacial score (nSPS) is 19.4. The van der Waals surface area contributed by atoms with Gasteiger partial charge in [-0.15, -0.1) is 0 Å². The number of carbonyl (C=O) groups is 2. The predicted molar refractivity (Wildman–Crippen MR) is 69.7 cm³/mol. The Hall–Kier alpha value is -1.31. The van der Waals surface area contributed by atoms with Crippen molar-refractivity contribution < 1.29 is 23.1 Å². The highest BCUT2D eigenvalue weighted by atomic mass is 32.2. The Morgan fingerprint density at radius 2 is 2.11 bits per heavy atom. The minimum Gasteiger partial charge on any atom is -0.481 e.